The average molecular weight is 328 g/mol. The Kier molecular flexibility index (Phi) is 6.36. The number of halogens is 3. The lowest BCUT2D eigenvalue weighted by Gasteiger charge is -2.14. The molecule has 0 heterocycles. The van der Waals surface area contributed by atoms with Crippen LogP contribution in [0.1, 0.15) is 31.4 Å². The number of carbonyl (C=O) groups excluding carboxylic acids is 2. The highest BCUT2D eigenvalue weighted by Gasteiger charge is 2.30. The van der Waals surface area contributed by atoms with Crippen molar-refractivity contribution in [2.75, 3.05) is 0 Å². The number of allylic oxidation sites excluding steroid dienone is 1. The Morgan fingerprint density at radius 3 is 2.22 bits per heavy atom. The predicted octanol–water partition coefficient (Wildman–Crippen LogP) is 2.57. The highest BCUT2D eigenvalue weighted by atomic mass is 19.4. The van der Waals surface area contributed by atoms with Gasteiger partial charge in [-0.2, -0.15) is 13.2 Å². The van der Waals surface area contributed by atoms with Crippen LogP contribution < -0.4 is 11.1 Å². The van der Waals surface area contributed by atoms with Crippen LogP contribution >= 0.6 is 0 Å². The summed E-state index contributed by atoms with van der Waals surface area (Å²) in [5.74, 6) is -1.14. The smallest absolute Gasteiger partial charge is 0.368 e. The number of carbonyl (C=O) groups is 2. The van der Waals surface area contributed by atoms with Crippen molar-refractivity contribution in [3.8, 4) is 0 Å². The number of alkyl halides is 3. The zero-order valence-corrected chi connectivity index (χ0v) is 12.9. The number of primary amides is 1. The fraction of sp³-hybridized carbons (Fsp3) is 0.375. The molecule has 1 aromatic carbocycles. The monoisotopic (exact) mass is 328 g/mol. The lowest BCUT2D eigenvalue weighted by molar-refractivity contribution is -0.137. The van der Waals surface area contributed by atoms with E-state index >= 15 is 0 Å². The largest absolute Gasteiger partial charge is 0.416 e. The summed E-state index contributed by atoms with van der Waals surface area (Å²) in [6.07, 6.45) is -2.50. The summed E-state index contributed by atoms with van der Waals surface area (Å²) in [5, 5.41) is 2.48. The van der Waals surface area contributed by atoms with Crippen LogP contribution in [-0.4, -0.2) is 17.9 Å². The van der Waals surface area contributed by atoms with Gasteiger partial charge >= 0.3 is 6.18 Å². The van der Waals surface area contributed by atoms with Gasteiger partial charge in [0.05, 0.1) is 12.0 Å². The van der Waals surface area contributed by atoms with E-state index in [1.807, 2.05) is 13.8 Å². The summed E-state index contributed by atoms with van der Waals surface area (Å²) >= 11 is 0. The molecular formula is C16H19F3N2O2. The second kappa shape index (κ2) is 7.80. The first-order valence-corrected chi connectivity index (χ1v) is 6.97. The third-order valence-electron chi connectivity index (χ3n) is 3.09. The molecule has 4 nitrogen and oxygen atoms in total. The number of nitrogens with one attached hydrogen (secondary N) is 1. The minimum atomic E-state index is -4.41. The van der Waals surface area contributed by atoms with E-state index in [4.69, 9.17) is 5.73 Å². The Morgan fingerprint density at radius 2 is 1.78 bits per heavy atom. The topological polar surface area (TPSA) is 72.2 Å². The summed E-state index contributed by atoms with van der Waals surface area (Å²) in [6.45, 7) is 3.70. The van der Waals surface area contributed by atoms with Crippen LogP contribution in [0.3, 0.4) is 0 Å². The van der Waals surface area contributed by atoms with E-state index in [1.165, 1.54) is 12.1 Å². The SMILES string of the molecule is CC(C)=CC[C@@H](NC(=O)Cc1ccc(C(F)(F)F)cc1)C(N)=O. The summed E-state index contributed by atoms with van der Waals surface area (Å²) in [5.41, 5.74) is 5.84. The molecule has 126 valence electrons. The minimum Gasteiger partial charge on any atom is -0.368 e. The van der Waals surface area contributed by atoms with Gasteiger partial charge in [0.25, 0.3) is 0 Å². The number of hydrogen-bond acceptors (Lipinski definition) is 2. The molecule has 0 aliphatic carbocycles. The molecule has 0 bridgehead atoms. The van der Waals surface area contributed by atoms with Gasteiger partial charge in [0, 0.05) is 0 Å². The maximum atomic E-state index is 12.5. The number of nitrogens with two attached hydrogens (primary N) is 1. The Hall–Kier alpha value is -2.31. The summed E-state index contributed by atoms with van der Waals surface area (Å²) in [6, 6.07) is 3.46. The van der Waals surface area contributed by atoms with Gasteiger partial charge < -0.3 is 11.1 Å². The molecular weight excluding hydrogens is 309 g/mol. The molecule has 1 rings (SSSR count). The number of benzene rings is 1. The van der Waals surface area contributed by atoms with E-state index in [0.717, 1.165) is 17.7 Å². The Balaban J connectivity index is 2.67. The van der Waals surface area contributed by atoms with Gasteiger partial charge in [-0.3, -0.25) is 9.59 Å². The van der Waals surface area contributed by atoms with Gasteiger partial charge in [-0.05, 0) is 38.0 Å². The number of rotatable bonds is 6. The van der Waals surface area contributed by atoms with Crippen LogP contribution in [0.4, 0.5) is 13.2 Å². The van der Waals surface area contributed by atoms with Crippen molar-refractivity contribution in [1.82, 2.24) is 5.32 Å². The van der Waals surface area contributed by atoms with Gasteiger partial charge in [0.15, 0.2) is 0 Å². The first kappa shape index (κ1) is 18.7. The van der Waals surface area contributed by atoms with Crippen molar-refractivity contribution in [2.45, 2.75) is 38.9 Å². The standard InChI is InChI=1S/C16H19F3N2O2/c1-10(2)3-8-13(15(20)23)21-14(22)9-11-4-6-12(7-5-11)16(17,18)19/h3-7,13H,8-9H2,1-2H3,(H2,20,23)(H,21,22)/t13-/m1/s1. The molecule has 0 aromatic heterocycles. The van der Waals surface area contributed by atoms with E-state index < -0.39 is 29.6 Å². The van der Waals surface area contributed by atoms with Gasteiger partial charge in [0.1, 0.15) is 6.04 Å². The molecule has 0 unspecified atom stereocenters. The summed E-state index contributed by atoms with van der Waals surface area (Å²) < 4.78 is 37.4. The molecule has 2 amide bonds. The molecule has 0 aliphatic heterocycles. The second-order valence-corrected chi connectivity index (χ2v) is 5.41. The first-order valence-electron chi connectivity index (χ1n) is 6.97. The van der Waals surface area contributed by atoms with Gasteiger partial charge in [-0.15, -0.1) is 0 Å². The van der Waals surface area contributed by atoms with Gasteiger partial charge in [0.2, 0.25) is 11.8 Å². The zero-order chi connectivity index (χ0) is 17.6. The molecule has 0 radical (unpaired) electrons. The molecule has 1 aromatic rings. The van der Waals surface area contributed by atoms with E-state index in [0.29, 0.717) is 5.56 Å². The van der Waals surface area contributed by atoms with Crippen molar-refractivity contribution in [3.63, 3.8) is 0 Å². The summed E-state index contributed by atoms with van der Waals surface area (Å²) in [7, 11) is 0. The van der Waals surface area contributed by atoms with E-state index in [9.17, 15) is 22.8 Å². The summed E-state index contributed by atoms with van der Waals surface area (Å²) in [4.78, 5) is 23.2. The molecule has 0 spiro atoms. The average Bonchev–Trinajstić information content (AvgIpc) is 2.42. The normalized spacial score (nSPS) is 12.4. The molecule has 23 heavy (non-hydrogen) atoms. The number of amides is 2. The van der Waals surface area contributed by atoms with E-state index in [-0.39, 0.29) is 12.8 Å². The molecule has 0 saturated heterocycles. The highest BCUT2D eigenvalue weighted by molar-refractivity contribution is 5.87. The molecule has 0 saturated carbocycles. The maximum absolute atomic E-state index is 12.5. The lowest BCUT2D eigenvalue weighted by Crippen LogP contribution is -2.44. The Bertz CT molecular complexity index is 588. The van der Waals surface area contributed by atoms with Crippen LogP contribution in [0.25, 0.3) is 0 Å². The molecule has 0 fully saturated rings. The van der Waals surface area contributed by atoms with Crippen LogP contribution in [0, 0.1) is 0 Å². The zero-order valence-electron chi connectivity index (χ0n) is 12.9. The Labute approximate surface area is 132 Å². The quantitative estimate of drug-likeness (QED) is 0.788. The lowest BCUT2D eigenvalue weighted by atomic mass is 10.1. The van der Waals surface area contributed by atoms with Crippen LogP contribution in [0.2, 0.25) is 0 Å². The highest BCUT2D eigenvalue weighted by Crippen LogP contribution is 2.29. The molecule has 7 heteroatoms. The third-order valence-corrected chi connectivity index (χ3v) is 3.09. The van der Waals surface area contributed by atoms with Crippen LogP contribution in [0.15, 0.2) is 35.9 Å². The Morgan fingerprint density at radius 1 is 1.22 bits per heavy atom. The fourth-order valence-electron chi connectivity index (χ4n) is 1.84. The molecule has 0 aliphatic rings. The van der Waals surface area contributed by atoms with Crippen molar-refractivity contribution >= 4 is 11.8 Å². The third kappa shape index (κ3) is 6.54. The minimum absolute atomic E-state index is 0.128. The molecule has 3 N–H and O–H groups in total. The van der Waals surface area contributed by atoms with Crippen molar-refractivity contribution < 1.29 is 22.8 Å². The molecule has 1 atom stereocenters. The fourth-order valence-corrected chi connectivity index (χ4v) is 1.84. The van der Waals surface area contributed by atoms with Crippen LogP contribution in [0.5, 0.6) is 0 Å². The van der Waals surface area contributed by atoms with Gasteiger partial charge in [-0.25, -0.2) is 0 Å². The number of hydrogen-bond donors (Lipinski definition) is 2. The first-order chi connectivity index (χ1) is 10.6. The second-order valence-electron chi connectivity index (χ2n) is 5.41. The van der Waals surface area contributed by atoms with Crippen molar-refractivity contribution in [3.05, 3.63) is 47.0 Å². The van der Waals surface area contributed by atoms with Gasteiger partial charge in [-0.1, -0.05) is 23.8 Å². The predicted molar refractivity (Wildman–Crippen MR) is 80.3 cm³/mol. The van der Waals surface area contributed by atoms with Crippen molar-refractivity contribution in [2.24, 2.45) is 5.73 Å². The maximum Gasteiger partial charge on any atom is 0.416 e. The van der Waals surface area contributed by atoms with Crippen LogP contribution in [-0.2, 0) is 22.2 Å². The van der Waals surface area contributed by atoms with Crippen molar-refractivity contribution in [1.29, 1.82) is 0 Å². The van der Waals surface area contributed by atoms with E-state index in [2.05, 4.69) is 5.32 Å². The van der Waals surface area contributed by atoms with E-state index in [1.54, 1.807) is 6.08 Å².